The van der Waals surface area contributed by atoms with Crippen LogP contribution in [0, 0.1) is 0 Å². The molecule has 5 aromatic heterocycles. The number of alkyl halides is 9. The molecule has 0 spiro atoms. The van der Waals surface area contributed by atoms with E-state index in [-0.39, 0.29) is 143 Å². The first-order chi connectivity index (χ1) is 56.8. The van der Waals surface area contributed by atoms with Gasteiger partial charge < -0.3 is 30.3 Å². The van der Waals surface area contributed by atoms with Gasteiger partial charge in [0, 0.05) is 50.6 Å². The van der Waals surface area contributed by atoms with Gasteiger partial charge in [0.15, 0.2) is 24.7 Å². The number of nitrogens with zero attached hydrogens (tertiary/aromatic N) is 11. The van der Waals surface area contributed by atoms with Crippen LogP contribution in [0.4, 0.5) is 32.2 Å². The summed E-state index contributed by atoms with van der Waals surface area (Å²) in [6, 6.07) is 47.2. The monoisotopic (exact) mass is 1800 g/mol. The van der Waals surface area contributed by atoms with Crippen LogP contribution in [-0.4, -0.2) is 99.6 Å². The van der Waals surface area contributed by atoms with Crippen LogP contribution >= 0.6 is 58.3 Å². The molecule has 1 aliphatic heterocycles. The van der Waals surface area contributed by atoms with Crippen molar-refractivity contribution in [3.8, 4) is 11.4 Å². The van der Waals surface area contributed by atoms with Gasteiger partial charge in [-0.3, -0.25) is 68.9 Å². The summed E-state index contributed by atoms with van der Waals surface area (Å²) in [7, 11) is -12.6. The van der Waals surface area contributed by atoms with Crippen LogP contribution in [0.15, 0.2) is 219 Å². The molecular weight excluding hydrogens is 1720 g/mol. The second kappa shape index (κ2) is 48.1. The summed E-state index contributed by atoms with van der Waals surface area (Å²) >= 11 is 15.4. The van der Waals surface area contributed by atoms with Crippen molar-refractivity contribution in [1.82, 2.24) is 47.4 Å². The number of fused-ring (bicyclic) bond motifs is 2. The maximum atomic E-state index is 13.4. The summed E-state index contributed by atoms with van der Waals surface area (Å²) in [4.78, 5) is 88.4. The molecule has 0 fully saturated rings. The summed E-state index contributed by atoms with van der Waals surface area (Å²) < 4.78 is 167. The van der Waals surface area contributed by atoms with Crippen molar-refractivity contribution in [3.05, 3.63) is 292 Å². The van der Waals surface area contributed by atoms with Gasteiger partial charge in [-0.2, -0.15) is 36.5 Å². The minimum atomic E-state index is -4.83. The molecule has 6 heterocycles. The third-order valence-corrected chi connectivity index (χ3v) is 19.9. The Bertz CT molecular complexity index is 5430. The number of imidazole rings is 1. The van der Waals surface area contributed by atoms with Gasteiger partial charge >= 0.3 is 76.8 Å². The molecule has 1 aliphatic rings. The molecular formula is C77H86Cl3F6N11NaO19P3. The average Bonchev–Trinajstić information content (AvgIpc) is 1.60. The molecule has 12 rings (SSSR count). The Hall–Kier alpha value is -8.10. The van der Waals surface area contributed by atoms with Crippen molar-refractivity contribution in [1.29, 1.82) is 0 Å². The number of aryl methyl sites for hydroxylation is 1. The van der Waals surface area contributed by atoms with Crippen LogP contribution < -0.4 is 52.1 Å². The maximum absolute atomic E-state index is 13.4. The molecule has 0 bridgehead atoms. The van der Waals surface area contributed by atoms with Crippen LogP contribution in [0.5, 0.6) is 0 Å². The van der Waals surface area contributed by atoms with Gasteiger partial charge in [0.1, 0.15) is 36.6 Å². The second-order valence-electron chi connectivity index (χ2n) is 25.3. The van der Waals surface area contributed by atoms with Gasteiger partial charge in [-0.25, -0.2) is 33.3 Å². The number of rotatable bonds is 35. The van der Waals surface area contributed by atoms with Crippen LogP contribution in [0.2, 0.25) is 0 Å². The number of phosphoric ester groups is 3. The molecule has 642 valence electrons. The molecule has 0 radical (unpaired) electrons. The molecule has 43 heteroatoms. The zero-order chi connectivity index (χ0) is 86.3. The summed E-state index contributed by atoms with van der Waals surface area (Å²) in [6.45, 7) is 7.23. The molecule has 0 unspecified atom stereocenters. The fraction of sp³-hybridized carbons (Fsp3) is 0.325. The van der Waals surface area contributed by atoms with Gasteiger partial charge in [-0.15, -0.1) is 0 Å². The Morgan fingerprint density at radius 1 is 0.483 bits per heavy atom. The molecule has 0 aliphatic carbocycles. The smallest absolute Gasteiger partial charge is 1.00 e. The summed E-state index contributed by atoms with van der Waals surface area (Å²) in [5.41, 5.74) is 2.92. The van der Waals surface area contributed by atoms with E-state index in [0.717, 1.165) is 51.1 Å². The summed E-state index contributed by atoms with van der Waals surface area (Å²) in [6.07, 6.45) is -1.34. The van der Waals surface area contributed by atoms with Gasteiger partial charge in [0.2, 0.25) is 0 Å². The van der Waals surface area contributed by atoms with Crippen LogP contribution in [-0.2, 0) is 146 Å². The summed E-state index contributed by atoms with van der Waals surface area (Å²) in [5, 5.41) is 8.45. The predicted molar refractivity (Wildman–Crippen MR) is 432 cm³/mol. The average molecular weight is 1810 g/mol. The minimum Gasteiger partial charge on any atom is -1.00 e. The Morgan fingerprint density at radius 2 is 0.900 bits per heavy atom. The standard InChI is InChI=1S/C23H26F3N6O7P.C22H22F3N5O2.C16H18ClO5P.C14H15O4P.C2H4Cl2O.Na.H/c1-3-8-31-21(33)18-20(30(4-2)22(31)34)28-19(32(18)13-38-14-39-40(35,36)37)16-10-27-29(12-16)11-15-6-5-7-17(9-15)23(24,25)26;1-3-8-30-20(31)17-10-18(27-19(17)29(4-2)21(30)32)15-11-26-28(13-15)12-14-6-5-7-16(9-14)22(23,24)25;17-13-19-14-22-23(18,20-11-15-7-3-1-4-8-15)21-12-16-9-5-2-6-10-16;15-19(16,17-11-13-7-3-1-4-8-13)18-12-14-9-5-2-6-10-14;3-1-5-2-4;;/h5-7,9-10,12H,3-4,8,11,13-14H2,1-2H3,(H2,35,36,37);5-7,9,11,13H,3-4,8,10,12H2,1-2H3;1-10H,11-14H2;1-10H,11-12H2,(H,15,16);1-2H2;;/q;;;;;+1;-1. The first-order valence-electron chi connectivity index (χ1n) is 36.3. The topological polar surface area (TPSA) is 349 Å². The van der Waals surface area contributed by atoms with Crippen molar-refractivity contribution < 1.29 is 127 Å². The number of phosphoric acid groups is 3. The summed E-state index contributed by atoms with van der Waals surface area (Å²) in [5.74, 6) is 0.505. The van der Waals surface area contributed by atoms with E-state index in [1.807, 2.05) is 135 Å². The quantitative estimate of drug-likeness (QED) is 0.00829. The Labute approximate surface area is 722 Å². The van der Waals surface area contributed by atoms with Gasteiger partial charge in [-0.05, 0) is 84.3 Å². The number of hydrogen-bond donors (Lipinski definition) is 3. The number of ether oxygens (including phenoxy) is 3. The van der Waals surface area contributed by atoms with Crippen molar-refractivity contribution in [2.24, 2.45) is 4.99 Å². The molecule has 0 amide bonds. The number of hydrogen-bond acceptors (Lipinski definition) is 20. The van der Waals surface area contributed by atoms with E-state index in [1.165, 1.54) is 58.2 Å². The largest absolute Gasteiger partial charge is 1.00 e. The fourth-order valence-corrected chi connectivity index (χ4v) is 13.5. The minimum absolute atomic E-state index is 0. The molecule has 120 heavy (non-hydrogen) atoms. The Kier molecular flexibility index (Phi) is 39.7. The maximum Gasteiger partial charge on any atom is 1.00 e. The fourth-order valence-electron chi connectivity index (χ4n) is 11.3. The van der Waals surface area contributed by atoms with Crippen molar-refractivity contribution >= 4 is 81.0 Å². The van der Waals surface area contributed by atoms with E-state index < -0.39 is 71.7 Å². The van der Waals surface area contributed by atoms with E-state index in [1.54, 1.807) is 32.3 Å². The van der Waals surface area contributed by atoms with Gasteiger partial charge in [0.05, 0.1) is 79.9 Å². The first-order valence-corrected chi connectivity index (χ1v) is 42.4. The zero-order valence-corrected chi connectivity index (χ0v) is 72.4. The predicted octanol–water partition coefficient (Wildman–Crippen LogP) is 12.9. The molecule has 0 saturated heterocycles. The molecule has 3 N–H and O–H groups in total. The van der Waals surface area contributed by atoms with E-state index in [2.05, 4.69) is 29.4 Å². The van der Waals surface area contributed by atoms with E-state index in [9.17, 15) is 64.1 Å². The number of aliphatic imine (C=N–C) groups is 1. The van der Waals surface area contributed by atoms with Gasteiger partial charge in [0.25, 0.3) is 11.1 Å². The SMILES string of the molecule is CCCn1c(=O)c2c(n(CC)c1=O)N=C(c1cnn(Cc3cccc(C(F)(F)F)c3)c1)C2.CCCn1c(=O)c2c(nc(-c3cnn(Cc4cccc(C(F)(F)F)c4)c3)n2COCOP(=O)(O)O)n(CC)c1=O.ClCOCCl.O=P(O)(OCc1ccccc1)OCc1ccccc1.O=P(OCOCCl)(OCc1ccccc1)OCc1ccccc1.[H-].[Na+]. The van der Waals surface area contributed by atoms with Crippen LogP contribution in [0.3, 0.4) is 0 Å². The van der Waals surface area contributed by atoms with Crippen molar-refractivity contribution in [2.75, 3.05) is 31.8 Å². The normalized spacial score (nSPS) is 12.1. The first kappa shape index (κ1) is 99.0. The van der Waals surface area contributed by atoms with E-state index in [4.69, 9.17) is 76.7 Å². The second-order valence-corrected chi connectivity index (χ2v) is 30.3. The molecule has 30 nitrogen and oxygen atoms in total. The number of halogens is 9. The molecule has 0 saturated carbocycles. The van der Waals surface area contributed by atoms with Gasteiger partial charge in [-0.1, -0.05) is 194 Å². The number of aromatic nitrogens is 10. The molecule has 6 aromatic carbocycles. The molecule has 0 atom stereocenters. The third kappa shape index (κ3) is 30.2. The molecule has 11 aromatic rings. The Morgan fingerprint density at radius 3 is 1.32 bits per heavy atom. The zero-order valence-electron chi connectivity index (χ0n) is 66.4. The van der Waals surface area contributed by atoms with Crippen molar-refractivity contribution in [2.45, 2.75) is 132 Å². The van der Waals surface area contributed by atoms with E-state index >= 15 is 0 Å². The van der Waals surface area contributed by atoms with Crippen LogP contribution in [0.25, 0.3) is 22.6 Å². The van der Waals surface area contributed by atoms with E-state index in [0.29, 0.717) is 65.3 Å². The van der Waals surface area contributed by atoms with Crippen LogP contribution in [0.1, 0.15) is 97.6 Å². The third-order valence-electron chi connectivity index (χ3n) is 16.8. The van der Waals surface area contributed by atoms with Crippen molar-refractivity contribution in [3.63, 3.8) is 0 Å². The number of benzene rings is 6. The Balaban J connectivity index is 0.000000252.